The van der Waals surface area contributed by atoms with Crippen molar-refractivity contribution >= 4 is 24.2 Å². The summed E-state index contributed by atoms with van der Waals surface area (Å²) < 4.78 is 0. The van der Waals surface area contributed by atoms with Crippen LogP contribution in [-0.4, -0.2) is 54.3 Å². The van der Waals surface area contributed by atoms with Gasteiger partial charge in [0.2, 0.25) is 11.8 Å². The van der Waals surface area contributed by atoms with E-state index in [0.717, 1.165) is 6.42 Å². The van der Waals surface area contributed by atoms with E-state index in [1.54, 1.807) is 4.90 Å². The minimum absolute atomic E-state index is 0. The van der Waals surface area contributed by atoms with Crippen LogP contribution in [0.25, 0.3) is 0 Å². The van der Waals surface area contributed by atoms with Crippen molar-refractivity contribution in [2.75, 3.05) is 32.7 Å². The minimum atomic E-state index is 0. The van der Waals surface area contributed by atoms with Crippen molar-refractivity contribution in [1.82, 2.24) is 9.80 Å². The summed E-state index contributed by atoms with van der Waals surface area (Å²) in [6.07, 6.45) is 1.44. The van der Waals surface area contributed by atoms with Crippen molar-refractivity contribution in [3.63, 3.8) is 0 Å². The number of halogens is 1. The largest absolute Gasteiger partial charge is 0.340 e. The maximum absolute atomic E-state index is 12.5. The number of nitrogens with two attached hydrogens (primary N) is 1. The zero-order valence-corrected chi connectivity index (χ0v) is 14.0. The fraction of sp³-hybridized carbons (Fsp3) is 0.529. The molecule has 0 saturated carbocycles. The Bertz CT molecular complexity index is 552. The molecule has 2 N–H and O–H groups in total. The molecule has 2 aliphatic rings. The summed E-state index contributed by atoms with van der Waals surface area (Å²) in [4.78, 5) is 27.7. The van der Waals surface area contributed by atoms with Crippen LogP contribution in [-0.2, 0) is 9.59 Å². The number of nitrogens with zero attached hydrogens (tertiary/aromatic N) is 2. The molecule has 1 aromatic rings. The van der Waals surface area contributed by atoms with Crippen molar-refractivity contribution in [3.8, 4) is 0 Å². The first-order valence-electron chi connectivity index (χ1n) is 7.99. The van der Waals surface area contributed by atoms with E-state index in [1.807, 2.05) is 23.1 Å². The molecule has 0 bridgehead atoms. The predicted octanol–water partition coefficient (Wildman–Crippen LogP) is 1.23. The van der Waals surface area contributed by atoms with Gasteiger partial charge >= 0.3 is 0 Å². The number of benzene rings is 1. The molecule has 0 aliphatic carbocycles. The molecule has 0 unspecified atom stereocenters. The Labute approximate surface area is 143 Å². The summed E-state index contributed by atoms with van der Waals surface area (Å²) in [5, 5.41) is 0. The molecular weight excluding hydrogens is 314 g/mol. The highest BCUT2D eigenvalue weighted by molar-refractivity contribution is 5.86. The normalized spacial score (nSPS) is 24.0. The Morgan fingerprint density at radius 1 is 1.22 bits per heavy atom. The number of carbonyl (C=O) groups is 2. The molecule has 0 radical (unpaired) electrons. The molecule has 5 nitrogen and oxygen atoms in total. The number of amides is 2. The SMILES string of the molecule is Cl.NC[C@@H]1CN(C(=O)CN2CCCC2=O)C[C@H]1c1ccccc1. The molecular formula is C17H24ClN3O2. The first kappa shape index (κ1) is 17.8. The second-order valence-corrected chi connectivity index (χ2v) is 6.23. The monoisotopic (exact) mass is 337 g/mol. The van der Waals surface area contributed by atoms with Gasteiger partial charge in [0.1, 0.15) is 0 Å². The molecule has 2 fully saturated rings. The maximum atomic E-state index is 12.5. The lowest BCUT2D eigenvalue weighted by Gasteiger charge is -2.21. The van der Waals surface area contributed by atoms with Crippen LogP contribution in [0.15, 0.2) is 30.3 Å². The minimum Gasteiger partial charge on any atom is -0.340 e. The number of likely N-dealkylation sites (tertiary alicyclic amines) is 2. The van der Waals surface area contributed by atoms with Gasteiger partial charge in [0.15, 0.2) is 0 Å². The summed E-state index contributed by atoms with van der Waals surface area (Å²) in [5.41, 5.74) is 7.15. The molecule has 3 rings (SSSR count). The number of hydrogen-bond acceptors (Lipinski definition) is 3. The second kappa shape index (κ2) is 7.79. The summed E-state index contributed by atoms with van der Waals surface area (Å²) in [7, 11) is 0. The molecule has 2 saturated heterocycles. The van der Waals surface area contributed by atoms with E-state index >= 15 is 0 Å². The zero-order valence-electron chi connectivity index (χ0n) is 13.2. The van der Waals surface area contributed by atoms with Crippen LogP contribution in [0.3, 0.4) is 0 Å². The molecule has 2 atom stereocenters. The fourth-order valence-electron chi connectivity index (χ4n) is 3.53. The van der Waals surface area contributed by atoms with Gasteiger partial charge in [0.25, 0.3) is 0 Å². The van der Waals surface area contributed by atoms with Crippen LogP contribution in [0.2, 0.25) is 0 Å². The van der Waals surface area contributed by atoms with E-state index in [2.05, 4.69) is 12.1 Å². The average Bonchev–Trinajstić information content (AvgIpc) is 3.15. The standard InChI is InChI=1S/C17H23N3O2.ClH/c18-9-14-10-20(11-15(14)13-5-2-1-3-6-13)17(22)12-19-8-4-7-16(19)21;/h1-3,5-6,14-15H,4,7-12,18H2;1H/t14-,15+;/m1./s1. The number of rotatable bonds is 4. The Kier molecular flexibility index (Phi) is 6.02. The fourth-order valence-corrected chi connectivity index (χ4v) is 3.53. The lowest BCUT2D eigenvalue weighted by atomic mass is 9.89. The molecule has 2 heterocycles. The molecule has 23 heavy (non-hydrogen) atoms. The Hall–Kier alpha value is -1.59. The van der Waals surface area contributed by atoms with Crippen LogP contribution >= 0.6 is 12.4 Å². The molecule has 2 aliphatic heterocycles. The first-order valence-corrected chi connectivity index (χ1v) is 7.99. The van der Waals surface area contributed by atoms with Gasteiger partial charge in [-0.3, -0.25) is 9.59 Å². The van der Waals surface area contributed by atoms with Gasteiger partial charge in [0.05, 0.1) is 6.54 Å². The third kappa shape index (κ3) is 3.85. The third-order valence-electron chi connectivity index (χ3n) is 4.82. The Morgan fingerprint density at radius 2 is 1.96 bits per heavy atom. The highest BCUT2D eigenvalue weighted by Crippen LogP contribution is 2.32. The maximum Gasteiger partial charge on any atom is 0.242 e. The average molecular weight is 338 g/mol. The quantitative estimate of drug-likeness (QED) is 0.898. The topological polar surface area (TPSA) is 66.6 Å². The van der Waals surface area contributed by atoms with Gasteiger partial charge < -0.3 is 15.5 Å². The van der Waals surface area contributed by atoms with Gasteiger partial charge in [-0.15, -0.1) is 12.4 Å². The summed E-state index contributed by atoms with van der Waals surface area (Å²) >= 11 is 0. The number of hydrogen-bond donors (Lipinski definition) is 1. The first-order chi connectivity index (χ1) is 10.7. The van der Waals surface area contributed by atoms with Crippen molar-refractivity contribution in [1.29, 1.82) is 0 Å². The predicted molar refractivity (Wildman–Crippen MR) is 91.4 cm³/mol. The van der Waals surface area contributed by atoms with Crippen LogP contribution in [0.1, 0.15) is 24.3 Å². The lowest BCUT2D eigenvalue weighted by Crippen LogP contribution is -2.40. The molecule has 0 spiro atoms. The van der Waals surface area contributed by atoms with Crippen molar-refractivity contribution in [3.05, 3.63) is 35.9 Å². The summed E-state index contributed by atoms with van der Waals surface area (Å²) in [5.74, 6) is 0.736. The molecule has 6 heteroatoms. The van der Waals surface area contributed by atoms with Crippen molar-refractivity contribution < 1.29 is 9.59 Å². The van der Waals surface area contributed by atoms with E-state index in [0.29, 0.717) is 44.4 Å². The summed E-state index contributed by atoms with van der Waals surface area (Å²) in [6, 6.07) is 10.3. The Morgan fingerprint density at radius 3 is 2.57 bits per heavy atom. The lowest BCUT2D eigenvalue weighted by molar-refractivity contribution is -0.137. The van der Waals surface area contributed by atoms with Gasteiger partial charge in [-0.2, -0.15) is 0 Å². The number of carbonyl (C=O) groups excluding carboxylic acids is 2. The Balaban J connectivity index is 0.00000192. The van der Waals surface area contributed by atoms with Crippen LogP contribution in [0, 0.1) is 5.92 Å². The highest BCUT2D eigenvalue weighted by Gasteiger charge is 2.36. The molecule has 2 amide bonds. The smallest absolute Gasteiger partial charge is 0.242 e. The molecule has 1 aromatic carbocycles. The third-order valence-corrected chi connectivity index (χ3v) is 4.82. The van der Waals surface area contributed by atoms with Gasteiger partial charge in [-0.1, -0.05) is 30.3 Å². The van der Waals surface area contributed by atoms with Crippen LogP contribution < -0.4 is 5.73 Å². The van der Waals surface area contributed by atoms with E-state index < -0.39 is 0 Å². The van der Waals surface area contributed by atoms with E-state index in [-0.39, 0.29) is 30.8 Å². The van der Waals surface area contributed by atoms with Crippen molar-refractivity contribution in [2.45, 2.75) is 18.8 Å². The van der Waals surface area contributed by atoms with Crippen LogP contribution in [0.5, 0.6) is 0 Å². The van der Waals surface area contributed by atoms with E-state index in [1.165, 1.54) is 5.56 Å². The van der Waals surface area contributed by atoms with E-state index in [4.69, 9.17) is 5.73 Å². The second-order valence-electron chi connectivity index (χ2n) is 6.23. The van der Waals surface area contributed by atoms with E-state index in [9.17, 15) is 9.59 Å². The van der Waals surface area contributed by atoms with Crippen molar-refractivity contribution in [2.24, 2.45) is 11.7 Å². The van der Waals surface area contributed by atoms with Crippen LogP contribution in [0.4, 0.5) is 0 Å². The molecule has 0 aromatic heterocycles. The van der Waals surface area contributed by atoms with Gasteiger partial charge in [-0.05, 0) is 24.4 Å². The van der Waals surface area contributed by atoms with Gasteiger partial charge in [0, 0.05) is 32.0 Å². The summed E-state index contributed by atoms with van der Waals surface area (Å²) in [6.45, 7) is 2.90. The molecule has 126 valence electrons. The van der Waals surface area contributed by atoms with Gasteiger partial charge in [-0.25, -0.2) is 0 Å². The highest BCUT2D eigenvalue weighted by atomic mass is 35.5. The zero-order chi connectivity index (χ0) is 15.5.